The third-order valence-corrected chi connectivity index (χ3v) is 1.71. The monoisotopic (exact) mass is 250 g/mol. The Morgan fingerprint density at radius 2 is 1.82 bits per heavy atom. The van der Waals surface area contributed by atoms with Gasteiger partial charge in [-0.2, -0.15) is 5.48 Å². The van der Waals surface area contributed by atoms with Crippen molar-refractivity contribution in [3.05, 3.63) is 0 Å². The highest BCUT2D eigenvalue weighted by molar-refractivity contribution is 5.88. The fourth-order valence-electron chi connectivity index (χ4n) is 0.929. The Morgan fingerprint density at radius 1 is 1.24 bits per heavy atom. The first kappa shape index (κ1) is 15.3. The van der Waals surface area contributed by atoms with Gasteiger partial charge in [-0.1, -0.05) is 0 Å². The molecule has 1 unspecified atom stereocenters. The maximum atomic E-state index is 11.1. The zero-order valence-electron chi connectivity index (χ0n) is 8.88. The number of rotatable bonds is 8. The Hall–Kier alpha value is -1.71. The van der Waals surface area contributed by atoms with Gasteiger partial charge in [0, 0.05) is 13.1 Å². The van der Waals surface area contributed by atoms with Crippen LogP contribution in [0.3, 0.4) is 0 Å². The van der Waals surface area contributed by atoms with Gasteiger partial charge in [-0.05, 0) is 0 Å². The number of nitrogens with two attached hydrogens (primary N) is 1. The number of nitrogens with one attached hydrogen (secondary N) is 1. The van der Waals surface area contributed by atoms with Crippen LogP contribution in [0.5, 0.6) is 0 Å². The highest BCUT2D eigenvalue weighted by atomic mass is 16.7. The van der Waals surface area contributed by atoms with E-state index in [0.717, 1.165) is 0 Å². The first-order valence-corrected chi connectivity index (χ1v) is 4.62. The summed E-state index contributed by atoms with van der Waals surface area (Å²) in [6.07, 6.45) is -2.08. The van der Waals surface area contributed by atoms with Gasteiger partial charge in [0.2, 0.25) is 0 Å². The molecule has 9 heteroatoms. The number of carbonyl (C=O) groups excluding carboxylic acids is 1. The van der Waals surface area contributed by atoms with Gasteiger partial charge in [0.15, 0.2) is 5.60 Å². The standard InChI is InChI=1S/C8H14N2O7/c9-1-2-10-17-6(13)4-8(16,7(14)15)3-5(11)12/h10,16H,1-4,9H2,(H,11,12)(H,14,15). The molecule has 0 aliphatic rings. The fraction of sp³-hybridized carbons (Fsp3) is 0.625. The maximum absolute atomic E-state index is 11.1. The highest BCUT2D eigenvalue weighted by Gasteiger charge is 2.41. The summed E-state index contributed by atoms with van der Waals surface area (Å²) in [5, 5.41) is 26.5. The molecule has 0 aromatic carbocycles. The SMILES string of the molecule is NCCNOC(=O)CC(O)(CC(=O)O)C(=O)O. The van der Waals surface area contributed by atoms with Gasteiger partial charge < -0.3 is 25.9 Å². The van der Waals surface area contributed by atoms with E-state index in [1.54, 1.807) is 0 Å². The van der Waals surface area contributed by atoms with Crippen molar-refractivity contribution in [3.8, 4) is 0 Å². The number of hydrogen-bond acceptors (Lipinski definition) is 7. The van der Waals surface area contributed by atoms with Crippen molar-refractivity contribution in [2.45, 2.75) is 18.4 Å². The molecule has 9 nitrogen and oxygen atoms in total. The molecule has 17 heavy (non-hydrogen) atoms. The van der Waals surface area contributed by atoms with E-state index < -0.39 is 36.4 Å². The van der Waals surface area contributed by atoms with Crippen LogP contribution in [0.15, 0.2) is 0 Å². The van der Waals surface area contributed by atoms with Crippen molar-refractivity contribution in [2.75, 3.05) is 13.1 Å². The van der Waals surface area contributed by atoms with E-state index in [1.807, 2.05) is 0 Å². The smallest absolute Gasteiger partial charge is 0.336 e. The number of aliphatic hydroxyl groups is 1. The minimum atomic E-state index is -2.69. The van der Waals surface area contributed by atoms with Crippen molar-refractivity contribution in [2.24, 2.45) is 5.73 Å². The molecule has 0 saturated carbocycles. The lowest BCUT2D eigenvalue weighted by atomic mass is 9.96. The molecule has 0 rings (SSSR count). The van der Waals surface area contributed by atoms with E-state index >= 15 is 0 Å². The second-order valence-corrected chi connectivity index (χ2v) is 3.24. The van der Waals surface area contributed by atoms with Crippen LogP contribution in [0, 0.1) is 0 Å². The number of carbonyl (C=O) groups is 3. The molecule has 0 spiro atoms. The molecule has 0 amide bonds. The van der Waals surface area contributed by atoms with E-state index in [0.29, 0.717) is 0 Å². The van der Waals surface area contributed by atoms with Gasteiger partial charge in [0.05, 0.1) is 12.8 Å². The summed E-state index contributed by atoms with van der Waals surface area (Å²) >= 11 is 0. The first-order chi connectivity index (χ1) is 7.81. The van der Waals surface area contributed by atoms with Crippen LogP contribution in [0.4, 0.5) is 0 Å². The molecule has 0 saturated heterocycles. The van der Waals surface area contributed by atoms with Gasteiger partial charge in [-0.3, -0.25) is 9.59 Å². The van der Waals surface area contributed by atoms with Gasteiger partial charge in [0.25, 0.3) is 0 Å². The van der Waals surface area contributed by atoms with Gasteiger partial charge in [-0.25, -0.2) is 4.79 Å². The van der Waals surface area contributed by atoms with E-state index in [-0.39, 0.29) is 13.1 Å². The first-order valence-electron chi connectivity index (χ1n) is 4.62. The topological polar surface area (TPSA) is 159 Å². The summed E-state index contributed by atoms with van der Waals surface area (Å²) in [5.41, 5.74) is 4.52. The molecule has 98 valence electrons. The highest BCUT2D eigenvalue weighted by Crippen LogP contribution is 2.16. The zero-order valence-corrected chi connectivity index (χ0v) is 8.88. The minimum Gasteiger partial charge on any atom is -0.481 e. The van der Waals surface area contributed by atoms with E-state index in [2.05, 4.69) is 10.3 Å². The molecule has 0 fully saturated rings. The lowest BCUT2D eigenvalue weighted by Gasteiger charge is -2.19. The van der Waals surface area contributed by atoms with Crippen LogP contribution in [0.25, 0.3) is 0 Å². The lowest BCUT2D eigenvalue weighted by Crippen LogP contribution is -2.44. The Labute approximate surface area is 96.1 Å². The van der Waals surface area contributed by atoms with Crippen molar-refractivity contribution < 1.29 is 34.5 Å². The molecule has 0 radical (unpaired) electrons. The maximum Gasteiger partial charge on any atom is 0.336 e. The summed E-state index contributed by atoms with van der Waals surface area (Å²) < 4.78 is 0. The zero-order chi connectivity index (χ0) is 13.5. The number of hydrogen-bond donors (Lipinski definition) is 5. The Balaban J connectivity index is 4.39. The number of aliphatic carboxylic acids is 2. The van der Waals surface area contributed by atoms with Gasteiger partial charge in [0.1, 0.15) is 0 Å². The Morgan fingerprint density at radius 3 is 2.24 bits per heavy atom. The second-order valence-electron chi connectivity index (χ2n) is 3.24. The van der Waals surface area contributed by atoms with Crippen molar-refractivity contribution in [1.29, 1.82) is 0 Å². The summed E-state index contributed by atoms with van der Waals surface area (Å²) in [7, 11) is 0. The van der Waals surface area contributed by atoms with Gasteiger partial charge in [-0.15, -0.1) is 0 Å². The lowest BCUT2D eigenvalue weighted by molar-refractivity contribution is -0.174. The van der Waals surface area contributed by atoms with E-state index in [4.69, 9.17) is 15.9 Å². The molecule has 1 atom stereocenters. The molecule has 0 aliphatic heterocycles. The minimum absolute atomic E-state index is 0.149. The molecule has 0 aromatic rings. The second kappa shape index (κ2) is 6.78. The predicted molar refractivity (Wildman–Crippen MR) is 52.6 cm³/mol. The van der Waals surface area contributed by atoms with Crippen LogP contribution in [-0.2, 0) is 19.2 Å². The number of carboxylic acids is 2. The van der Waals surface area contributed by atoms with Crippen molar-refractivity contribution in [1.82, 2.24) is 5.48 Å². The number of hydroxylamine groups is 1. The van der Waals surface area contributed by atoms with Crippen LogP contribution in [0.2, 0.25) is 0 Å². The largest absolute Gasteiger partial charge is 0.481 e. The molecule has 0 aromatic heterocycles. The van der Waals surface area contributed by atoms with Gasteiger partial charge >= 0.3 is 17.9 Å². The quantitative estimate of drug-likeness (QED) is 0.235. The van der Waals surface area contributed by atoms with E-state index in [1.165, 1.54) is 0 Å². The van der Waals surface area contributed by atoms with Crippen LogP contribution in [0.1, 0.15) is 12.8 Å². The summed E-state index contributed by atoms with van der Waals surface area (Å²) in [6.45, 7) is 0.335. The van der Waals surface area contributed by atoms with Crippen LogP contribution >= 0.6 is 0 Å². The van der Waals surface area contributed by atoms with Crippen molar-refractivity contribution in [3.63, 3.8) is 0 Å². The van der Waals surface area contributed by atoms with E-state index in [9.17, 15) is 19.5 Å². The summed E-state index contributed by atoms with van der Waals surface area (Å²) in [5.74, 6) is -4.45. The molecule has 0 heterocycles. The summed E-state index contributed by atoms with van der Waals surface area (Å²) in [6, 6.07) is 0. The molecule has 0 bridgehead atoms. The Bertz CT molecular complexity index is 306. The third kappa shape index (κ3) is 5.80. The Kier molecular flexibility index (Phi) is 6.10. The molecular weight excluding hydrogens is 236 g/mol. The normalized spacial score (nSPS) is 13.8. The molecule has 6 N–H and O–H groups in total. The average Bonchev–Trinajstić information content (AvgIpc) is 2.16. The van der Waals surface area contributed by atoms with Crippen LogP contribution in [-0.4, -0.2) is 51.9 Å². The predicted octanol–water partition coefficient (Wildman–Crippen LogP) is -2.33. The third-order valence-electron chi connectivity index (χ3n) is 1.71. The number of carboxylic acid groups (broad SMARTS) is 2. The fourth-order valence-corrected chi connectivity index (χ4v) is 0.929. The van der Waals surface area contributed by atoms with Crippen molar-refractivity contribution >= 4 is 17.9 Å². The molecular formula is C8H14N2O7. The van der Waals surface area contributed by atoms with Crippen LogP contribution < -0.4 is 11.2 Å². The molecule has 0 aliphatic carbocycles. The average molecular weight is 250 g/mol. The summed E-state index contributed by atoms with van der Waals surface area (Å²) in [4.78, 5) is 36.4.